The zero-order valence-corrected chi connectivity index (χ0v) is 13.1. The van der Waals surface area contributed by atoms with Crippen molar-refractivity contribution in [1.29, 1.82) is 0 Å². The van der Waals surface area contributed by atoms with Gasteiger partial charge in [-0.3, -0.25) is 4.79 Å². The summed E-state index contributed by atoms with van der Waals surface area (Å²) in [5.41, 5.74) is 2.65. The summed E-state index contributed by atoms with van der Waals surface area (Å²) < 4.78 is 0. The summed E-state index contributed by atoms with van der Waals surface area (Å²) in [6.45, 7) is 7.17. The molecule has 3 nitrogen and oxygen atoms in total. The van der Waals surface area contributed by atoms with Gasteiger partial charge in [-0.05, 0) is 50.8 Å². The Morgan fingerprint density at radius 2 is 2.05 bits per heavy atom. The second-order valence-electron chi connectivity index (χ2n) is 6.72. The lowest BCUT2D eigenvalue weighted by Crippen LogP contribution is -2.51. The van der Waals surface area contributed by atoms with Gasteiger partial charge in [0.15, 0.2) is 0 Å². The number of benzene rings is 1. The fraction of sp³-hybridized carbons (Fsp3) is 0.611. The van der Waals surface area contributed by atoms with Gasteiger partial charge in [-0.15, -0.1) is 0 Å². The molecule has 2 fully saturated rings. The lowest BCUT2D eigenvalue weighted by molar-refractivity contribution is -0.138. The van der Waals surface area contributed by atoms with Gasteiger partial charge in [-0.1, -0.05) is 36.8 Å². The van der Waals surface area contributed by atoms with E-state index in [1.54, 1.807) is 0 Å². The lowest BCUT2D eigenvalue weighted by atomic mass is 9.87. The Hall–Kier alpha value is -1.35. The Morgan fingerprint density at radius 1 is 1.33 bits per heavy atom. The van der Waals surface area contributed by atoms with Crippen molar-refractivity contribution in [3.8, 4) is 0 Å². The predicted octanol–water partition coefficient (Wildman–Crippen LogP) is 2.38. The first-order valence-corrected chi connectivity index (χ1v) is 8.22. The number of likely N-dealkylation sites (tertiary alicyclic amines) is 1. The molecule has 0 radical (unpaired) electrons. The van der Waals surface area contributed by atoms with Gasteiger partial charge in [-0.25, -0.2) is 0 Å². The van der Waals surface area contributed by atoms with Crippen molar-refractivity contribution in [2.24, 2.45) is 11.8 Å². The summed E-state index contributed by atoms with van der Waals surface area (Å²) in [6.07, 6.45) is 3.30. The highest BCUT2D eigenvalue weighted by atomic mass is 16.2. The van der Waals surface area contributed by atoms with Crippen LogP contribution in [0.25, 0.3) is 0 Å². The number of aryl methyl sites for hydroxylation is 1. The molecule has 2 atom stereocenters. The maximum absolute atomic E-state index is 12.7. The number of nitrogens with one attached hydrogen (secondary N) is 1. The maximum Gasteiger partial charge on any atom is 0.226 e. The Bertz CT molecular complexity index is 492. The van der Waals surface area contributed by atoms with E-state index in [9.17, 15) is 4.79 Å². The van der Waals surface area contributed by atoms with Crippen molar-refractivity contribution in [3.05, 3.63) is 35.4 Å². The van der Waals surface area contributed by atoms with Gasteiger partial charge < -0.3 is 10.2 Å². The summed E-state index contributed by atoms with van der Waals surface area (Å²) in [5.74, 6) is 1.08. The number of rotatable bonds is 4. The van der Waals surface area contributed by atoms with E-state index in [0.717, 1.165) is 38.9 Å². The molecule has 2 unspecified atom stereocenters. The van der Waals surface area contributed by atoms with Crippen LogP contribution in [-0.2, 0) is 11.2 Å². The standard InChI is InChI=1S/C18H26N2O/c1-13-5-7-15(8-6-13)10-17-4-3-9-20(17)18(21)14(2)16-11-19-12-16/h5-8,14,16-17,19H,3-4,9-12H2,1-2H3. The number of nitrogens with zero attached hydrogens (tertiary/aromatic N) is 1. The minimum Gasteiger partial charge on any atom is -0.339 e. The van der Waals surface area contributed by atoms with Crippen LogP contribution in [0.5, 0.6) is 0 Å². The number of hydrogen-bond acceptors (Lipinski definition) is 2. The highest BCUT2D eigenvalue weighted by Crippen LogP contribution is 2.26. The molecule has 3 heteroatoms. The molecule has 0 saturated carbocycles. The fourth-order valence-electron chi connectivity index (χ4n) is 3.46. The number of carbonyl (C=O) groups is 1. The van der Waals surface area contributed by atoms with E-state index < -0.39 is 0 Å². The lowest BCUT2D eigenvalue weighted by Gasteiger charge is -2.35. The largest absolute Gasteiger partial charge is 0.339 e. The molecule has 1 N–H and O–H groups in total. The van der Waals surface area contributed by atoms with Crippen molar-refractivity contribution in [3.63, 3.8) is 0 Å². The average Bonchev–Trinajstić information content (AvgIpc) is 2.86. The van der Waals surface area contributed by atoms with Gasteiger partial charge in [0.25, 0.3) is 0 Å². The Kier molecular flexibility index (Phi) is 4.29. The summed E-state index contributed by atoms with van der Waals surface area (Å²) in [6, 6.07) is 9.14. The van der Waals surface area contributed by atoms with E-state index in [1.807, 2.05) is 0 Å². The third-order valence-electron chi connectivity index (χ3n) is 5.16. The van der Waals surface area contributed by atoms with Crippen molar-refractivity contribution in [2.45, 2.75) is 39.2 Å². The molecular weight excluding hydrogens is 260 g/mol. The van der Waals surface area contributed by atoms with E-state index in [4.69, 9.17) is 0 Å². The predicted molar refractivity (Wildman–Crippen MR) is 85.1 cm³/mol. The zero-order chi connectivity index (χ0) is 14.8. The molecule has 2 aliphatic heterocycles. The average molecular weight is 286 g/mol. The topological polar surface area (TPSA) is 32.3 Å². The summed E-state index contributed by atoms with van der Waals surface area (Å²) in [7, 11) is 0. The SMILES string of the molecule is Cc1ccc(CC2CCCN2C(=O)C(C)C2CNC2)cc1. The second kappa shape index (κ2) is 6.18. The van der Waals surface area contributed by atoms with Crippen molar-refractivity contribution >= 4 is 5.91 Å². The summed E-state index contributed by atoms with van der Waals surface area (Å²) in [5, 5.41) is 3.27. The summed E-state index contributed by atoms with van der Waals surface area (Å²) in [4.78, 5) is 14.9. The number of hydrogen-bond donors (Lipinski definition) is 1. The molecule has 1 aromatic carbocycles. The molecule has 0 spiro atoms. The van der Waals surface area contributed by atoms with Gasteiger partial charge >= 0.3 is 0 Å². The monoisotopic (exact) mass is 286 g/mol. The molecule has 2 saturated heterocycles. The second-order valence-corrected chi connectivity index (χ2v) is 6.72. The molecule has 0 aliphatic carbocycles. The first kappa shape index (κ1) is 14.6. The number of amides is 1. The van der Waals surface area contributed by atoms with Crippen LogP contribution in [0.1, 0.15) is 30.9 Å². The Morgan fingerprint density at radius 3 is 2.67 bits per heavy atom. The van der Waals surface area contributed by atoms with Crippen LogP contribution in [-0.4, -0.2) is 36.5 Å². The molecule has 114 valence electrons. The Balaban J connectivity index is 1.64. The Labute approximate surface area is 127 Å². The highest BCUT2D eigenvalue weighted by Gasteiger charge is 2.36. The van der Waals surface area contributed by atoms with Crippen LogP contribution in [0, 0.1) is 18.8 Å². The smallest absolute Gasteiger partial charge is 0.226 e. The van der Waals surface area contributed by atoms with E-state index in [-0.39, 0.29) is 5.92 Å². The molecule has 3 rings (SSSR count). The van der Waals surface area contributed by atoms with Gasteiger partial charge in [0.05, 0.1) is 0 Å². The molecule has 0 aromatic heterocycles. The molecule has 0 bridgehead atoms. The first-order valence-electron chi connectivity index (χ1n) is 8.22. The van der Waals surface area contributed by atoms with Crippen molar-refractivity contribution < 1.29 is 4.79 Å². The van der Waals surface area contributed by atoms with Crippen molar-refractivity contribution in [1.82, 2.24) is 10.2 Å². The van der Waals surface area contributed by atoms with Gasteiger partial charge in [-0.2, -0.15) is 0 Å². The van der Waals surface area contributed by atoms with E-state index >= 15 is 0 Å². The van der Waals surface area contributed by atoms with Crippen molar-refractivity contribution in [2.75, 3.05) is 19.6 Å². The number of carbonyl (C=O) groups excluding carboxylic acids is 1. The summed E-state index contributed by atoms with van der Waals surface area (Å²) >= 11 is 0. The molecule has 2 aliphatic rings. The van der Waals surface area contributed by atoms with Crippen LogP contribution in [0.2, 0.25) is 0 Å². The van der Waals surface area contributed by atoms with Crippen LogP contribution in [0.4, 0.5) is 0 Å². The molecular formula is C18H26N2O. The maximum atomic E-state index is 12.7. The van der Waals surface area contributed by atoms with Crippen LogP contribution in [0.15, 0.2) is 24.3 Å². The van der Waals surface area contributed by atoms with Crippen LogP contribution in [0.3, 0.4) is 0 Å². The van der Waals surface area contributed by atoms with E-state index in [1.165, 1.54) is 11.1 Å². The molecule has 21 heavy (non-hydrogen) atoms. The minimum absolute atomic E-state index is 0.171. The van der Waals surface area contributed by atoms with Gasteiger partial charge in [0, 0.05) is 18.5 Å². The van der Waals surface area contributed by atoms with Crippen LogP contribution >= 0.6 is 0 Å². The molecule has 2 heterocycles. The van der Waals surface area contributed by atoms with Gasteiger partial charge in [0.1, 0.15) is 0 Å². The van der Waals surface area contributed by atoms with Crippen LogP contribution < -0.4 is 5.32 Å². The molecule has 1 aromatic rings. The third kappa shape index (κ3) is 3.13. The quantitative estimate of drug-likeness (QED) is 0.921. The zero-order valence-electron chi connectivity index (χ0n) is 13.1. The first-order chi connectivity index (χ1) is 10.1. The van der Waals surface area contributed by atoms with Gasteiger partial charge in [0.2, 0.25) is 5.91 Å². The highest BCUT2D eigenvalue weighted by molar-refractivity contribution is 5.79. The third-order valence-corrected chi connectivity index (χ3v) is 5.16. The minimum atomic E-state index is 0.171. The van der Waals surface area contributed by atoms with E-state index in [2.05, 4.69) is 48.3 Å². The van der Waals surface area contributed by atoms with E-state index in [0.29, 0.717) is 17.9 Å². The molecule has 1 amide bonds. The normalized spacial score (nSPS) is 23.9. The fourth-order valence-corrected chi connectivity index (χ4v) is 3.46.